The first-order valence-corrected chi connectivity index (χ1v) is 10.3. The van der Waals surface area contributed by atoms with Crippen molar-refractivity contribution in [1.29, 1.82) is 0 Å². The normalized spacial score (nSPS) is 21.4. The molecule has 1 unspecified atom stereocenters. The first-order chi connectivity index (χ1) is 13.8. The van der Waals surface area contributed by atoms with Crippen LogP contribution < -0.4 is 9.80 Å². The van der Waals surface area contributed by atoms with E-state index in [0.29, 0.717) is 5.92 Å². The number of para-hydroxylation sites is 2. The van der Waals surface area contributed by atoms with Gasteiger partial charge in [0.05, 0.1) is 0 Å². The fraction of sp³-hybridized carbons (Fsp3) is 0.455. The SMILES string of the molecule is c1ccc(N2CCN(CC3CCCN(c4nc5ccccc5o4)C3)CC2)nc1. The monoisotopic (exact) mass is 377 g/mol. The summed E-state index contributed by atoms with van der Waals surface area (Å²) in [5.74, 6) is 1.77. The molecule has 0 amide bonds. The summed E-state index contributed by atoms with van der Waals surface area (Å²) in [5, 5.41) is 0. The summed E-state index contributed by atoms with van der Waals surface area (Å²) in [6.07, 6.45) is 4.37. The fourth-order valence-electron chi connectivity index (χ4n) is 4.45. The van der Waals surface area contributed by atoms with E-state index < -0.39 is 0 Å². The number of nitrogens with zero attached hydrogens (tertiary/aromatic N) is 5. The minimum absolute atomic E-state index is 0.671. The van der Waals surface area contributed by atoms with E-state index in [2.05, 4.69) is 31.8 Å². The largest absolute Gasteiger partial charge is 0.423 e. The van der Waals surface area contributed by atoms with E-state index in [-0.39, 0.29) is 0 Å². The van der Waals surface area contributed by atoms with E-state index in [4.69, 9.17) is 9.40 Å². The van der Waals surface area contributed by atoms with Crippen LogP contribution in [0.25, 0.3) is 11.1 Å². The highest BCUT2D eigenvalue weighted by molar-refractivity contribution is 5.74. The van der Waals surface area contributed by atoms with Gasteiger partial charge in [-0.15, -0.1) is 0 Å². The number of hydrogen-bond donors (Lipinski definition) is 0. The van der Waals surface area contributed by atoms with Crippen LogP contribution >= 0.6 is 0 Å². The number of fused-ring (bicyclic) bond motifs is 1. The van der Waals surface area contributed by atoms with Crippen molar-refractivity contribution in [3.63, 3.8) is 0 Å². The van der Waals surface area contributed by atoms with Gasteiger partial charge in [-0.3, -0.25) is 4.90 Å². The predicted octanol–water partition coefficient (Wildman–Crippen LogP) is 3.26. The van der Waals surface area contributed by atoms with Gasteiger partial charge in [-0.25, -0.2) is 4.98 Å². The molecule has 0 aliphatic carbocycles. The molecule has 6 nitrogen and oxygen atoms in total. The summed E-state index contributed by atoms with van der Waals surface area (Å²) >= 11 is 0. The molecule has 1 aromatic carbocycles. The third kappa shape index (κ3) is 3.69. The summed E-state index contributed by atoms with van der Waals surface area (Å²) in [4.78, 5) is 16.5. The van der Waals surface area contributed by atoms with Crippen molar-refractivity contribution in [3.05, 3.63) is 48.7 Å². The summed E-state index contributed by atoms with van der Waals surface area (Å²) in [5.41, 5.74) is 1.83. The highest BCUT2D eigenvalue weighted by Gasteiger charge is 2.26. The van der Waals surface area contributed by atoms with E-state index in [0.717, 1.165) is 68.7 Å². The molecule has 2 aliphatic rings. The van der Waals surface area contributed by atoms with E-state index in [1.54, 1.807) is 0 Å². The van der Waals surface area contributed by atoms with Gasteiger partial charge in [0.1, 0.15) is 11.3 Å². The van der Waals surface area contributed by atoms with E-state index in [1.165, 1.54) is 12.8 Å². The number of hydrogen-bond acceptors (Lipinski definition) is 6. The molecule has 0 saturated carbocycles. The summed E-state index contributed by atoms with van der Waals surface area (Å²) in [6, 6.07) is 15.0. The molecule has 6 heteroatoms. The zero-order chi connectivity index (χ0) is 18.8. The summed E-state index contributed by atoms with van der Waals surface area (Å²) in [6.45, 7) is 7.56. The first kappa shape index (κ1) is 17.5. The van der Waals surface area contributed by atoms with Crippen LogP contribution in [0.5, 0.6) is 0 Å². The molecule has 0 bridgehead atoms. The molecule has 4 heterocycles. The van der Waals surface area contributed by atoms with Crippen LogP contribution in [0.15, 0.2) is 53.1 Å². The second-order valence-corrected chi connectivity index (χ2v) is 7.89. The molecule has 0 radical (unpaired) electrons. The van der Waals surface area contributed by atoms with Crippen molar-refractivity contribution in [2.45, 2.75) is 12.8 Å². The van der Waals surface area contributed by atoms with Crippen LogP contribution in [-0.4, -0.2) is 60.7 Å². The molecule has 0 N–H and O–H groups in total. The van der Waals surface area contributed by atoms with Crippen LogP contribution in [0.2, 0.25) is 0 Å². The zero-order valence-electron chi connectivity index (χ0n) is 16.2. The van der Waals surface area contributed by atoms with Crippen LogP contribution in [0.3, 0.4) is 0 Å². The second kappa shape index (κ2) is 7.80. The van der Waals surface area contributed by atoms with Crippen molar-refractivity contribution in [2.75, 3.05) is 55.6 Å². The Bertz CT molecular complexity index is 870. The number of piperazine rings is 1. The number of aromatic nitrogens is 2. The maximum atomic E-state index is 6.00. The molecule has 2 saturated heterocycles. The number of anilines is 2. The molecule has 2 aliphatic heterocycles. The van der Waals surface area contributed by atoms with Crippen LogP contribution in [-0.2, 0) is 0 Å². The van der Waals surface area contributed by atoms with Gasteiger partial charge < -0.3 is 14.2 Å². The van der Waals surface area contributed by atoms with Gasteiger partial charge in [0, 0.05) is 52.0 Å². The molecule has 1 atom stereocenters. The third-order valence-corrected chi connectivity index (χ3v) is 5.93. The molecule has 2 aromatic heterocycles. The van der Waals surface area contributed by atoms with Gasteiger partial charge in [-0.1, -0.05) is 18.2 Å². The van der Waals surface area contributed by atoms with Gasteiger partial charge in [0.15, 0.2) is 5.58 Å². The lowest BCUT2D eigenvalue weighted by Crippen LogP contribution is -2.50. The molecular weight excluding hydrogens is 350 g/mol. The fourth-order valence-corrected chi connectivity index (χ4v) is 4.45. The average Bonchev–Trinajstić information content (AvgIpc) is 3.20. The molecule has 5 rings (SSSR count). The van der Waals surface area contributed by atoms with Crippen LogP contribution in [0.1, 0.15) is 12.8 Å². The lowest BCUT2D eigenvalue weighted by atomic mass is 9.97. The predicted molar refractivity (Wildman–Crippen MR) is 112 cm³/mol. The Morgan fingerprint density at radius 3 is 2.61 bits per heavy atom. The van der Waals surface area contributed by atoms with Crippen molar-refractivity contribution in [3.8, 4) is 0 Å². The van der Waals surface area contributed by atoms with Crippen molar-refractivity contribution in [1.82, 2.24) is 14.9 Å². The standard InChI is InChI=1S/C22H27N5O/c1-2-8-20-19(7-1)24-22(28-20)27-11-5-6-18(17-27)16-25-12-14-26(15-13-25)21-9-3-4-10-23-21/h1-4,7-10,18H,5-6,11-17H2. The molecule has 146 valence electrons. The average molecular weight is 377 g/mol. The number of rotatable bonds is 4. The van der Waals surface area contributed by atoms with Crippen molar-refractivity contribution >= 4 is 22.9 Å². The Morgan fingerprint density at radius 2 is 1.79 bits per heavy atom. The Morgan fingerprint density at radius 1 is 0.929 bits per heavy atom. The third-order valence-electron chi connectivity index (χ3n) is 5.93. The van der Waals surface area contributed by atoms with Gasteiger partial charge >= 0.3 is 0 Å². The summed E-state index contributed by atoms with van der Waals surface area (Å²) in [7, 11) is 0. The minimum Gasteiger partial charge on any atom is -0.423 e. The Balaban J connectivity index is 1.17. The highest BCUT2D eigenvalue weighted by atomic mass is 16.4. The quantitative estimate of drug-likeness (QED) is 0.696. The Hall–Kier alpha value is -2.60. The van der Waals surface area contributed by atoms with Crippen molar-refractivity contribution in [2.24, 2.45) is 5.92 Å². The first-order valence-electron chi connectivity index (χ1n) is 10.3. The number of benzene rings is 1. The molecule has 3 aromatic rings. The topological polar surface area (TPSA) is 48.6 Å². The smallest absolute Gasteiger partial charge is 0.298 e. The highest BCUT2D eigenvalue weighted by Crippen LogP contribution is 2.27. The minimum atomic E-state index is 0.671. The number of oxazole rings is 1. The molecule has 0 spiro atoms. The lowest BCUT2D eigenvalue weighted by molar-refractivity contribution is 0.204. The Kier molecular flexibility index (Phi) is 4.87. The van der Waals surface area contributed by atoms with Gasteiger partial charge in [0.25, 0.3) is 6.01 Å². The zero-order valence-corrected chi connectivity index (χ0v) is 16.2. The molecular formula is C22H27N5O. The van der Waals surface area contributed by atoms with E-state index in [9.17, 15) is 0 Å². The number of pyridine rings is 1. The Labute approximate surface area is 165 Å². The van der Waals surface area contributed by atoms with Crippen LogP contribution in [0, 0.1) is 5.92 Å². The maximum absolute atomic E-state index is 6.00. The van der Waals surface area contributed by atoms with Gasteiger partial charge in [-0.2, -0.15) is 4.98 Å². The molecule has 28 heavy (non-hydrogen) atoms. The lowest BCUT2D eigenvalue weighted by Gasteiger charge is -2.39. The van der Waals surface area contributed by atoms with E-state index in [1.807, 2.05) is 36.5 Å². The van der Waals surface area contributed by atoms with Crippen LogP contribution in [0.4, 0.5) is 11.8 Å². The van der Waals surface area contributed by atoms with Gasteiger partial charge in [-0.05, 0) is 43.0 Å². The second-order valence-electron chi connectivity index (χ2n) is 7.89. The summed E-state index contributed by atoms with van der Waals surface area (Å²) < 4.78 is 6.00. The number of piperidine rings is 1. The van der Waals surface area contributed by atoms with Gasteiger partial charge in [0.2, 0.25) is 0 Å². The van der Waals surface area contributed by atoms with E-state index >= 15 is 0 Å². The van der Waals surface area contributed by atoms with Crippen molar-refractivity contribution < 1.29 is 4.42 Å². The molecule has 2 fully saturated rings. The maximum Gasteiger partial charge on any atom is 0.298 e.